The highest BCUT2D eigenvalue weighted by Gasteiger charge is 2.18. The fourth-order valence-corrected chi connectivity index (χ4v) is 2.22. The molecule has 0 saturated carbocycles. The Hall–Kier alpha value is -1.93. The lowest BCUT2D eigenvalue weighted by Crippen LogP contribution is -2.17. The van der Waals surface area contributed by atoms with Gasteiger partial charge in [-0.3, -0.25) is 4.79 Å². The van der Waals surface area contributed by atoms with Crippen LogP contribution in [-0.4, -0.2) is 10.9 Å². The number of carbonyl (C=O) groups is 1. The van der Waals surface area contributed by atoms with Crippen LogP contribution < -0.4 is 0 Å². The summed E-state index contributed by atoms with van der Waals surface area (Å²) in [5.41, 5.74) is 0.530. The van der Waals surface area contributed by atoms with Crippen LogP contribution in [0.2, 0.25) is 0 Å². The molecule has 0 aliphatic rings. The first-order valence-electron chi connectivity index (χ1n) is 7.26. The lowest BCUT2D eigenvalue weighted by atomic mass is 9.90. The van der Waals surface area contributed by atoms with Crippen molar-refractivity contribution in [3.63, 3.8) is 0 Å². The summed E-state index contributed by atoms with van der Waals surface area (Å²) < 4.78 is 0. The van der Waals surface area contributed by atoms with Gasteiger partial charge in [-0.2, -0.15) is 0 Å². The van der Waals surface area contributed by atoms with Crippen LogP contribution in [0.25, 0.3) is 10.8 Å². The lowest BCUT2D eigenvalue weighted by molar-refractivity contribution is -0.121. The highest BCUT2D eigenvalue weighted by molar-refractivity contribution is 5.93. The van der Waals surface area contributed by atoms with E-state index in [4.69, 9.17) is 0 Å². The summed E-state index contributed by atoms with van der Waals surface area (Å²) in [5.74, 6) is 0.0765. The fraction of sp³-hybridized carbons (Fsp3) is 0.316. The Balaban J connectivity index is 2.15. The molecule has 0 amide bonds. The van der Waals surface area contributed by atoms with Crippen LogP contribution in [0.5, 0.6) is 0 Å². The van der Waals surface area contributed by atoms with Crippen molar-refractivity contribution in [2.24, 2.45) is 5.41 Å². The van der Waals surface area contributed by atoms with Crippen molar-refractivity contribution >= 4 is 16.6 Å². The summed E-state index contributed by atoms with van der Waals surface area (Å²) in [7, 11) is 0. The smallest absolute Gasteiger partial charge is 0.160 e. The van der Waals surface area contributed by atoms with Crippen LogP contribution in [0, 0.1) is 5.41 Å². The van der Waals surface area contributed by atoms with E-state index in [0.29, 0.717) is 6.42 Å². The number of ketones is 1. The molecule has 0 aliphatic heterocycles. The summed E-state index contributed by atoms with van der Waals surface area (Å²) >= 11 is 0. The van der Waals surface area contributed by atoms with Gasteiger partial charge in [0.1, 0.15) is 0 Å². The second-order valence-electron chi connectivity index (χ2n) is 6.34. The van der Waals surface area contributed by atoms with Crippen molar-refractivity contribution in [1.82, 2.24) is 0 Å². The zero-order valence-corrected chi connectivity index (χ0v) is 12.8. The van der Waals surface area contributed by atoms with Crippen molar-refractivity contribution in [3.8, 4) is 0 Å². The fourth-order valence-electron chi connectivity index (χ4n) is 2.22. The summed E-state index contributed by atoms with van der Waals surface area (Å²) in [4.78, 5) is 11.8. The number of hydrogen-bond donors (Lipinski definition) is 1. The predicted molar refractivity (Wildman–Crippen MR) is 87.1 cm³/mol. The largest absolute Gasteiger partial charge is 0.388 e. The first kappa shape index (κ1) is 15.5. The highest BCUT2D eigenvalue weighted by atomic mass is 16.3. The zero-order valence-electron chi connectivity index (χ0n) is 12.8. The van der Waals surface area contributed by atoms with Gasteiger partial charge < -0.3 is 5.11 Å². The van der Waals surface area contributed by atoms with Gasteiger partial charge in [0, 0.05) is 5.41 Å². The third-order valence-electron chi connectivity index (χ3n) is 3.55. The molecular formula is C19H22O2. The Bertz CT molecular complexity index is 657. The van der Waals surface area contributed by atoms with Crippen LogP contribution in [0.4, 0.5) is 0 Å². The molecule has 2 aromatic rings. The first-order valence-corrected chi connectivity index (χ1v) is 7.26. The van der Waals surface area contributed by atoms with Gasteiger partial charge >= 0.3 is 0 Å². The Morgan fingerprint density at radius 1 is 1.14 bits per heavy atom. The maximum atomic E-state index is 11.8. The lowest BCUT2D eigenvalue weighted by Gasteiger charge is -2.14. The van der Waals surface area contributed by atoms with Gasteiger partial charge in [0.2, 0.25) is 0 Å². The van der Waals surface area contributed by atoms with E-state index in [1.54, 1.807) is 12.2 Å². The van der Waals surface area contributed by atoms with Crippen molar-refractivity contribution in [3.05, 3.63) is 60.2 Å². The number of allylic oxidation sites excluding steroid dienone is 1. The van der Waals surface area contributed by atoms with E-state index in [1.807, 2.05) is 63.2 Å². The number of hydrogen-bond acceptors (Lipinski definition) is 2. The highest BCUT2D eigenvalue weighted by Crippen LogP contribution is 2.26. The van der Waals surface area contributed by atoms with Gasteiger partial charge in [-0.1, -0.05) is 69.3 Å². The van der Waals surface area contributed by atoms with E-state index >= 15 is 0 Å². The number of benzene rings is 2. The standard InChI is InChI=1S/C19H22O2/c1-19(2,3)18(21)13-7-12-17(20)16-11-6-9-14-8-4-5-10-15(14)16/h4-11,13,17,20H,12H2,1-3H3/t17-/m1/s1. The molecule has 0 fully saturated rings. The van der Waals surface area contributed by atoms with Gasteiger partial charge in [-0.05, 0) is 28.8 Å². The number of rotatable bonds is 4. The van der Waals surface area contributed by atoms with E-state index in [-0.39, 0.29) is 11.2 Å². The quantitative estimate of drug-likeness (QED) is 0.842. The molecule has 21 heavy (non-hydrogen) atoms. The van der Waals surface area contributed by atoms with Crippen molar-refractivity contribution in [2.45, 2.75) is 33.3 Å². The van der Waals surface area contributed by atoms with Crippen molar-refractivity contribution < 1.29 is 9.90 Å². The summed E-state index contributed by atoms with van der Waals surface area (Å²) in [5, 5.41) is 12.5. The Labute approximate surface area is 126 Å². The molecule has 110 valence electrons. The van der Waals surface area contributed by atoms with E-state index in [9.17, 15) is 9.90 Å². The van der Waals surface area contributed by atoms with Crippen LogP contribution >= 0.6 is 0 Å². The van der Waals surface area contributed by atoms with Crippen LogP contribution in [-0.2, 0) is 4.79 Å². The maximum absolute atomic E-state index is 11.8. The SMILES string of the molecule is CC(C)(C)C(=O)C=CC[C@@H](O)c1cccc2ccccc12. The van der Waals surface area contributed by atoms with E-state index in [2.05, 4.69) is 0 Å². The Kier molecular flexibility index (Phi) is 4.59. The topological polar surface area (TPSA) is 37.3 Å². The summed E-state index contributed by atoms with van der Waals surface area (Å²) in [6.45, 7) is 5.67. The molecule has 2 aromatic carbocycles. The average molecular weight is 282 g/mol. The normalized spacial score (nSPS) is 13.7. The molecule has 2 heteroatoms. The average Bonchev–Trinajstić information content (AvgIpc) is 2.45. The second-order valence-corrected chi connectivity index (χ2v) is 6.34. The molecular weight excluding hydrogens is 260 g/mol. The Morgan fingerprint density at radius 2 is 1.81 bits per heavy atom. The van der Waals surface area contributed by atoms with Crippen LogP contribution in [0.1, 0.15) is 38.9 Å². The van der Waals surface area contributed by atoms with Crippen LogP contribution in [0.3, 0.4) is 0 Å². The Morgan fingerprint density at radius 3 is 2.52 bits per heavy atom. The van der Waals surface area contributed by atoms with E-state index in [0.717, 1.165) is 16.3 Å². The number of carbonyl (C=O) groups excluding carboxylic acids is 1. The van der Waals surface area contributed by atoms with Crippen molar-refractivity contribution in [2.75, 3.05) is 0 Å². The summed E-state index contributed by atoms with van der Waals surface area (Å²) in [6.07, 6.45) is 3.18. The molecule has 1 atom stereocenters. The molecule has 0 aromatic heterocycles. The minimum atomic E-state index is -0.597. The zero-order chi connectivity index (χ0) is 15.5. The minimum absolute atomic E-state index is 0.0765. The monoisotopic (exact) mass is 282 g/mol. The molecule has 0 aliphatic carbocycles. The molecule has 0 spiro atoms. The van der Waals surface area contributed by atoms with Crippen LogP contribution in [0.15, 0.2) is 54.6 Å². The van der Waals surface area contributed by atoms with Crippen molar-refractivity contribution in [1.29, 1.82) is 0 Å². The number of aliphatic hydroxyl groups is 1. The number of aliphatic hydroxyl groups excluding tert-OH is 1. The molecule has 0 heterocycles. The first-order chi connectivity index (χ1) is 9.89. The number of fused-ring (bicyclic) bond motifs is 1. The molecule has 0 unspecified atom stereocenters. The van der Waals surface area contributed by atoms with Gasteiger partial charge in [-0.15, -0.1) is 0 Å². The second kappa shape index (κ2) is 6.23. The molecule has 0 bridgehead atoms. The van der Waals surface area contributed by atoms with E-state index < -0.39 is 6.10 Å². The van der Waals surface area contributed by atoms with Gasteiger partial charge in [0.05, 0.1) is 6.10 Å². The third-order valence-corrected chi connectivity index (χ3v) is 3.55. The molecule has 0 radical (unpaired) electrons. The maximum Gasteiger partial charge on any atom is 0.160 e. The summed E-state index contributed by atoms with van der Waals surface area (Å²) in [6, 6.07) is 13.9. The van der Waals surface area contributed by atoms with Gasteiger partial charge in [0.15, 0.2) is 5.78 Å². The third kappa shape index (κ3) is 3.79. The van der Waals surface area contributed by atoms with E-state index in [1.165, 1.54) is 0 Å². The van der Waals surface area contributed by atoms with Gasteiger partial charge in [-0.25, -0.2) is 0 Å². The molecule has 1 N–H and O–H groups in total. The minimum Gasteiger partial charge on any atom is -0.388 e. The predicted octanol–water partition coefficient (Wildman–Crippen LogP) is 4.43. The van der Waals surface area contributed by atoms with Gasteiger partial charge in [0.25, 0.3) is 0 Å². The molecule has 2 nitrogen and oxygen atoms in total. The molecule has 0 saturated heterocycles. The molecule has 2 rings (SSSR count).